The summed E-state index contributed by atoms with van der Waals surface area (Å²) in [4.78, 5) is 55.7. The fraction of sp³-hybridized carbons (Fsp3) is 0.455. The number of aryl methyl sites for hydroxylation is 1. The van der Waals surface area contributed by atoms with Crippen LogP contribution in [0, 0.1) is 16.0 Å². The van der Waals surface area contributed by atoms with Crippen LogP contribution in [0.2, 0.25) is 0 Å². The van der Waals surface area contributed by atoms with E-state index in [2.05, 4.69) is 25.5 Å². The Hall–Kier alpha value is -5.34. The molecule has 2 aromatic carbocycles. The van der Waals surface area contributed by atoms with Gasteiger partial charge in [-0.3, -0.25) is 4.79 Å². The highest BCUT2D eigenvalue weighted by Gasteiger charge is 2.34. The number of tetrazole rings is 1. The van der Waals surface area contributed by atoms with Crippen molar-refractivity contribution in [3.8, 4) is 22.5 Å². The number of H-pyrrole nitrogens is 1. The second-order valence-electron chi connectivity index (χ2n) is 11.7. The van der Waals surface area contributed by atoms with E-state index in [9.17, 15) is 24.5 Å². The molecule has 48 heavy (non-hydrogen) atoms. The van der Waals surface area contributed by atoms with Gasteiger partial charge in [-0.05, 0) is 54.0 Å². The van der Waals surface area contributed by atoms with Gasteiger partial charge in [-0.2, -0.15) is 5.21 Å². The molecule has 0 aliphatic heterocycles. The quantitative estimate of drug-likeness (QED) is 0.0821. The topological polar surface area (TPSA) is 197 Å². The third-order valence-electron chi connectivity index (χ3n) is 7.75. The highest BCUT2D eigenvalue weighted by atomic mass is 17.0. The van der Waals surface area contributed by atoms with E-state index in [-0.39, 0.29) is 49.3 Å². The minimum absolute atomic E-state index is 0.0410. The van der Waals surface area contributed by atoms with Gasteiger partial charge in [0.05, 0.1) is 0 Å². The highest BCUT2D eigenvalue weighted by Crippen LogP contribution is 2.30. The monoisotopic (exact) mass is 664 g/mol. The molecule has 0 saturated carbocycles. The van der Waals surface area contributed by atoms with Crippen molar-refractivity contribution >= 4 is 11.9 Å². The Morgan fingerprint density at radius 2 is 1.73 bits per heavy atom. The van der Waals surface area contributed by atoms with Crippen molar-refractivity contribution in [2.75, 3.05) is 0 Å². The molecule has 0 radical (unpaired) electrons. The van der Waals surface area contributed by atoms with Crippen LogP contribution >= 0.6 is 0 Å². The summed E-state index contributed by atoms with van der Waals surface area (Å²) in [5.41, 5.74) is 3.46. The summed E-state index contributed by atoms with van der Waals surface area (Å²) in [5, 5.41) is 24.0. The molecule has 0 saturated heterocycles. The van der Waals surface area contributed by atoms with Gasteiger partial charge in [0.25, 0.3) is 5.09 Å². The molecule has 2 aromatic heterocycles. The molecule has 1 amide bonds. The first-order valence-electron chi connectivity index (χ1n) is 15.9. The molecule has 0 unspecified atom stereocenters. The van der Waals surface area contributed by atoms with Gasteiger partial charge in [-0.25, -0.2) is 9.59 Å². The summed E-state index contributed by atoms with van der Waals surface area (Å²) in [6.45, 7) is 7.01. The molecule has 0 aliphatic carbocycles. The zero-order valence-electron chi connectivity index (χ0n) is 27.4. The third-order valence-corrected chi connectivity index (χ3v) is 7.75. The summed E-state index contributed by atoms with van der Waals surface area (Å²) in [6, 6.07) is 14.5. The number of ether oxygens (including phenoxy) is 1. The number of nitrogens with zero attached hydrogens (tertiary/aromatic N) is 5. The molecule has 256 valence electrons. The third kappa shape index (κ3) is 9.59. The molecule has 15 heteroatoms. The lowest BCUT2D eigenvalue weighted by molar-refractivity contribution is -0.767. The number of amides is 1. The molecular formula is C33H40N6O9. The maximum Gasteiger partial charge on any atom is 0.519 e. The Balaban J connectivity index is 1.49. The van der Waals surface area contributed by atoms with E-state index in [0.29, 0.717) is 25.1 Å². The number of unbranched alkanes of at least 4 members (excludes halogenated alkanes) is 1. The molecule has 0 spiro atoms. The average Bonchev–Trinajstić information content (AvgIpc) is 3.72. The van der Waals surface area contributed by atoms with Crippen LogP contribution in [0.5, 0.6) is 0 Å². The van der Waals surface area contributed by atoms with Gasteiger partial charge in [0, 0.05) is 24.9 Å². The summed E-state index contributed by atoms with van der Waals surface area (Å²) < 4.78 is 15.9. The van der Waals surface area contributed by atoms with Gasteiger partial charge in [-0.15, -0.1) is 20.3 Å². The largest absolute Gasteiger partial charge is 0.519 e. The van der Waals surface area contributed by atoms with E-state index in [1.54, 1.807) is 11.8 Å². The minimum Gasteiger partial charge on any atom is -0.456 e. The van der Waals surface area contributed by atoms with Crippen LogP contribution in [0.15, 0.2) is 62.2 Å². The molecular weight excluding hydrogens is 624 g/mol. The molecule has 15 nitrogen and oxygen atoms in total. The molecule has 1 N–H and O–H groups in total. The number of rotatable bonds is 18. The van der Waals surface area contributed by atoms with Gasteiger partial charge >= 0.3 is 11.8 Å². The van der Waals surface area contributed by atoms with E-state index < -0.39 is 29.0 Å². The average molecular weight is 665 g/mol. The van der Waals surface area contributed by atoms with E-state index >= 15 is 0 Å². The van der Waals surface area contributed by atoms with Crippen LogP contribution < -0.4 is 5.82 Å². The van der Waals surface area contributed by atoms with Crippen LogP contribution in [0.4, 0.5) is 0 Å². The predicted octanol–water partition coefficient (Wildman–Crippen LogP) is 5.29. The Kier molecular flexibility index (Phi) is 12.6. The number of benzene rings is 2. The molecule has 0 aliphatic rings. The Morgan fingerprint density at radius 1 is 1.02 bits per heavy atom. The minimum atomic E-state index is -0.953. The summed E-state index contributed by atoms with van der Waals surface area (Å²) in [6.07, 6.45) is 2.03. The fourth-order valence-corrected chi connectivity index (χ4v) is 5.37. The first-order valence-corrected chi connectivity index (χ1v) is 15.9. The lowest BCUT2D eigenvalue weighted by Gasteiger charge is -2.33. The summed E-state index contributed by atoms with van der Waals surface area (Å²) in [7, 11) is 0. The second-order valence-corrected chi connectivity index (χ2v) is 11.7. The normalized spacial score (nSPS) is 12.4. The zero-order valence-corrected chi connectivity index (χ0v) is 27.4. The lowest BCUT2D eigenvalue weighted by atomic mass is 9.97. The molecule has 4 rings (SSSR count). The van der Waals surface area contributed by atoms with Crippen LogP contribution in [0.3, 0.4) is 0 Å². The number of carbonyl (C=O) groups excluding carboxylic acids is 2. The van der Waals surface area contributed by atoms with Crippen LogP contribution in [-0.4, -0.2) is 54.6 Å². The van der Waals surface area contributed by atoms with Crippen molar-refractivity contribution in [2.24, 2.45) is 5.92 Å². The van der Waals surface area contributed by atoms with Crippen LogP contribution in [-0.2, 0) is 38.7 Å². The zero-order chi connectivity index (χ0) is 34.6. The van der Waals surface area contributed by atoms with Crippen LogP contribution in [0.1, 0.15) is 76.9 Å². The van der Waals surface area contributed by atoms with Crippen molar-refractivity contribution in [3.63, 3.8) is 0 Å². The molecule has 0 bridgehead atoms. The van der Waals surface area contributed by atoms with Crippen molar-refractivity contribution in [3.05, 3.63) is 86.3 Å². The molecule has 2 heterocycles. The smallest absolute Gasteiger partial charge is 0.456 e. The van der Waals surface area contributed by atoms with Gasteiger partial charge in [0.2, 0.25) is 11.7 Å². The van der Waals surface area contributed by atoms with Gasteiger partial charge in [-0.1, -0.05) is 75.7 Å². The van der Waals surface area contributed by atoms with Gasteiger partial charge in [0.15, 0.2) is 18.1 Å². The van der Waals surface area contributed by atoms with Gasteiger partial charge < -0.3 is 23.3 Å². The van der Waals surface area contributed by atoms with E-state index in [1.165, 1.54) is 0 Å². The maximum atomic E-state index is 13.6. The van der Waals surface area contributed by atoms with Crippen molar-refractivity contribution < 1.29 is 33.1 Å². The number of esters is 1. The number of carbonyl (C=O) groups is 2. The maximum absolute atomic E-state index is 13.6. The van der Waals surface area contributed by atoms with E-state index in [0.717, 1.165) is 28.7 Å². The van der Waals surface area contributed by atoms with Crippen molar-refractivity contribution in [2.45, 2.75) is 91.5 Å². The Labute approximate surface area is 276 Å². The molecule has 2 atom stereocenters. The highest BCUT2D eigenvalue weighted by molar-refractivity contribution is 5.85. The van der Waals surface area contributed by atoms with Crippen molar-refractivity contribution in [1.29, 1.82) is 0 Å². The standard InChI is InChI=1S/C33H40N6O9/c1-5-6-14-29(40)38(19-23-15-17-24(18-16-23)25-11-7-8-12-26(25)31-34-36-37-35-31)30(21(2)3)32(41)45-20-28-27(46-33(42)47-28)13-9-10-22(4)48-39(43)44/h7-8,11-12,15-18,21-22,30H,5-6,9-10,13-14,19-20H2,1-4H3,(H,34,35,36,37)/t22-,30-/m0/s1. The lowest BCUT2D eigenvalue weighted by Crippen LogP contribution is -2.48. The Morgan fingerprint density at radius 3 is 2.38 bits per heavy atom. The number of hydrogen-bond acceptors (Lipinski definition) is 12. The first kappa shape index (κ1) is 35.5. The number of hydrogen-bond donors (Lipinski definition) is 1. The first-order chi connectivity index (χ1) is 23.1. The predicted molar refractivity (Wildman–Crippen MR) is 171 cm³/mol. The summed E-state index contributed by atoms with van der Waals surface area (Å²) in [5.74, 6) is -1.39. The van der Waals surface area contributed by atoms with E-state index in [4.69, 9.17) is 13.6 Å². The van der Waals surface area contributed by atoms with Crippen LogP contribution in [0.25, 0.3) is 22.5 Å². The number of aromatic amines is 1. The summed E-state index contributed by atoms with van der Waals surface area (Å²) >= 11 is 0. The number of nitrogens with one attached hydrogen (secondary N) is 1. The van der Waals surface area contributed by atoms with Crippen molar-refractivity contribution in [1.82, 2.24) is 25.5 Å². The van der Waals surface area contributed by atoms with E-state index in [1.807, 2.05) is 69.3 Å². The second kappa shape index (κ2) is 17.0. The SMILES string of the molecule is CCCCC(=O)N(Cc1ccc(-c2ccccc2-c2nn[nH]n2)cc1)[C@H](C(=O)OCc1oc(=O)oc1CCC[C@H](C)O[N+](=O)[O-])C(C)C. The Bertz CT molecular complexity index is 1700. The molecule has 0 fully saturated rings. The number of aromatic nitrogens is 4. The fourth-order valence-electron chi connectivity index (χ4n) is 5.37. The molecule has 4 aromatic rings. The van der Waals surface area contributed by atoms with Gasteiger partial charge in [0.1, 0.15) is 12.1 Å².